The molecule has 5 heteroatoms. The maximum atomic E-state index is 9.75. The lowest BCUT2D eigenvalue weighted by molar-refractivity contribution is 0.0433. The maximum Gasteiger partial charge on any atom is 0.115 e. The van der Waals surface area contributed by atoms with Gasteiger partial charge in [0.15, 0.2) is 0 Å². The van der Waals surface area contributed by atoms with Gasteiger partial charge >= 0.3 is 0 Å². The van der Waals surface area contributed by atoms with E-state index in [1.165, 1.54) is 11.5 Å². The minimum Gasteiger partial charge on any atom is -0.385 e. The van der Waals surface area contributed by atoms with E-state index >= 15 is 0 Å². The Hall–Kier alpha value is -0.520. The van der Waals surface area contributed by atoms with Gasteiger partial charge in [0.2, 0.25) is 0 Å². The Bertz CT molecular complexity index is 265. The first-order valence-electron chi connectivity index (χ1n) is 4.86. The van der Waals surface area contributed by atoms with Crippen LogP contribution in [0.15, 0.2) is 0 Å². The Labute approximate surface area is 88.1 Å². The van der Waals surface area contributed by atoms with Crippen LogP contribution in [0.5, 0.6) is 0 Å². The van der Waals surface area contributed by atoms with Crippen molar-refractivity contribution in [2.45, 2.75) is 32.8 Å². The van der Waals surface area contributed by atoms with E-state index in [1.54, 1.807) is 0 Å². The van der Waals surface area contributed by atoms with Crippen LogP contribution < -0.4 is 0 Å². The standard InChI is InChI=1S/C9H16N2O2S/c1-3-5-7-9(14-11-10-7)8(12)6-13-4-2/h8,12H,3-6H2,1-2H3. The molecule has 4 nitrogen and oxygen atoms in total. The van der Waals surface area contributed by atoms with Gasteiger partial charge < -0.3 is 9.84 Å². The summed E-state index contributed by atoms with van der Waals surface area (Å²) in [5.41, 5.74) is 0.907. The molecule has 1 rings (SSSR count). The minimum atomic E-state index is -0.573. The van der Waals surface area contributed by atoms with E-state index in [0.717, 1.165) is 23.4 Å². The van der Waals surface area contributed by atoms with Crippen LogP contribution in [0.4, 0.5) is 0 Å². The number of rotatable bonds is 6. The normalized spacial score (nSPS) is 13.1. The van der Waals surface area contributed by atoms with Crippen molar-refractivity contribution >= 4 is 11.5 Å². The average molecular weight is 216 g/mol. The number of ether oxygens (including phenoxy) is 1. The summed E-state index contributed by atoms with van der Waals surface area (Å²) in [5, 5.41) is 13.7. The second-order valence-corrected chi connectivity index (χ2v) is 3.79. The van der Waals surface area contributed by atoms with Crippen LogP contribution in [-0.2, 0) is 11.2 Å². The number of aliphatic hydroxyl groups is 1. The molecule has 0 aliphatic heterocycles. The molecule has 1 N–H and O–H groups in total. The summed E-state index contributed by atoms with van der Waals surface area (Å²) in [7, 11) is 0. The Kier molecular flexibility index (Phi) is 5.00. The zero-order valence-corrected chi connectivity index (χ0v) is 9.38. The van der Waals surface area contributed by atoms with Gasteiger partial charge in [0.25, 0.3) is 0 Å². The van der Waals surface area contributed by atoms with E-state index in [-0.39, 0.29) is 0 Å². The Morgan fingerprint density at radius 2 is 2.29 bits per heavy atom. The lowest BCUT2D eigenvalue weighted by Crippen LogP contribution is -2.07. The van der Waals surface area contributed by atoms with Gasteiger partial charge in [-0.3, -0.25) is 0 Å². The van der Waals surface area contributed by atoms with E-state index in [2.05, 4.69) is 16.5 Å². The summed E-state index contributed by atoms with van der Waals surface area (Å²) in [5.74, 6) is 0. The van der Waals surface area contributed by atoms with Gasteiger partial charge in [-0.25, -0.2) is 0 Å². The van der Waals surface area contributed by atoms with Crippen molar-refractivity contribution < 1.29 is 9.84 Å². The quantitative estimate of drug-likeness (QED) is 0.784. The van der Waals surface area contributed by atoms with Gasteiger partial charge in [-0.2, -0.15) is 0 Å². The van der Waals surface area contributed by atoms with E-state index in [1.807, 2.05) is 6.92 Å². The topological polar surface area (TPSA) is 55.2 Å². The number of aliphatic hydroxyl groups excluding tert-OH is 1. The van der Waals surface area contributed by atoms with Crippen LogP contribution in [-0.4, -0.2) is 27.9 Å². The molecule has 0 saturated heterocycles. The largest absolute Gasteiger partial charge is 0.385 e. The molecular weight excluding hydrogens is 200 g/mol. The summed E-state index contributed by atoms with van der Waals surface area (Å²) < 4.78 is 9.00. The third kappa shape index (κ3) is 3.01. The van der Waals surface area contributed by atoms with Gasteiger partial charge in [0.1, 0.15) is 6.10 Å². The highest BCUT2D eigenvalue weighted by Crippen LogP contribution is 2.21. The molecule has 0 aromatic carbocycles. The number of hydrogen-bond acceptors (Lipinski definition) is 5. The molecule has 1 aromatic rings. The molecule has 0 amide bonds. The molecule has 1 atom stereocenters. The van der Waals surface area contributed by atoms with Gasteiger partial charge in [-0.15, -0.1) is 5.10 Å². The maximum absolute atomic E-state index is 9.75. The monoisotopic (exact) mass is 216 g/mol. The van der Waals surface area contributed by atoms with Crippen LogP contribution in [0.25, 0.3) is 0 Å². The molecule has 0 radical (unpaired) electrons. The van der Waals surface area contributed by atoms with E-state index in [0.29, 0.717) is 13.2 Å². The molecular formula is C9H16N2O2S. The third-order valence-corrected chi connectivity index (χ3v) is 2.72. The first-order chi connectivity index (χ1) is 6.79. The van der Waals surface area contributed by atoms with Crippen LogP contribution >= 0.6 is 11.5 Å². The lowest BCUT2D eigenvalue weighted by atomic mass is 10.2. The molecule has 1 aromatic heterocycles. The fourth-order valence-electron chi connectivity index (χ4n) is 1.18. The molecule has 1 unspecified atom stereocenters. The molecule has 0 aliphatic carbocycles. The summed E-state index contributed by atoms with van der Waals surface area (Å²) in [6.07, 6.45) is 1.31. The highest BCUT2D eigenvalue weighted by Gasteiger charge is 2.16. The highest BCUT2D eigenvalue weighted by atomic mass is 32.1. The molecule has 0 saturated carbocycles. The minimum absolute atomic E-state index is 0.330. The number of aromatic nitrogens is 2. The van der Waals surface area contributed by atoms with Crippen molar-refractivity contribution in [3.8, 4) is 0 Å². The van der Waals surface area contributed by atoms with E-state index < -0.39 is 6.10 Å². The fraction of sp³-hybridized carbons (Fsp3) is 0.778. The number of nitrogens with zero attached hydrogens (tertiary/aromatic N) is 2. The molecule has 80 valence electrons. The summed E-state index contributed by atoms with van der Waals surface area (Å²) in [6.45, 7) is 4.94. The number of aryl methyl sites for hydroxylation is 1. The summed E-state index contributed by atoms with van der Waals surface area (Å²) >= 11 is 1.26. The fourth-order valence-corrected chi connectivity index (χ4v) is 1.85. The van der Waals surface area contributed by atoms with Crippen LogP contribution in [0.3, 0.4) is 0 Å². The lowest BCUT2D eigenvalue weighted by Gasteiger charge is -2.08. The second kappa shape index (κ2) is 6.06. The molecule has 14 heavy (non-hydrogen) atoms. The molecule has 1 heterocycles. The zero-order chi connectivity index (χ0) is 10.4. The van der Waals surface area contributed by atoms with Crippen molar-refractivity contribution in [1.82, 2.24) is 9.59 Å². The van der Waals surface area contributed by atoms with Crippen LogP contribution in [0, 0.1) is 0 Å². The zero-order valence-electron chi connectivity index (χ0n) is 8.56. The highest BCUT2D eigenvalue weighted by molar-refractivity contribution is 7.05. The Morgan fingerprint density at radius 3 is 2.93 bits per heavy atom. The third-order valence-electron chi connectivity index (χ3n) is 1.85. The van der Waals surface area contributed by atoms with Crippen molar-refractivity contribution in [1.29, 1.82) is 0 Å². The van der Waals surface area contributed by atoms with Crippen molar-refractivity contribution in [2.24, 2.45) is 0 Å². The average Bonchev–Trinajstić information content (AvgIpc) is 2.63. The second-order valence-electron chi connectivity index (χ2n) is 3.01. The molecule has 0 spiro atoms. The molecule has 0 fully saturated rings. The summed E-state index contributed by atoms with van der Waals surface area (Å²) in [4.78, 5) is 0.848. The van der Waals surface area contributed by atoms with Crippen molar-refractivity contribution in [2.75, 3.05) is 13.2 Å². The molecule has 0 bridgehead atoms. The first kappa shape index (κ1) is 11.6. The number of hydrogen-bond donors (Lipinski definition) is 1. The predicted molar refractivity (Wildman–Crippen MR) is 55.4 cm³/mol. The van der Waals surface area contributed by atoms with E-state index in [9.17, 15) is 5.11 Å². The van der Waals surface area contributed by atoms with Gasteiger partial charge in [0.05, 0.1) is 17.2 Å². The van der Waals surface area contributed by atoms with E-state index in [4.69, 9.17) is 4.74 Å². The Morgan fingerprint density at radius 1 is 1.50 bits per heavy atom. The van der Waals surface area contributed by atoms with Crippen molar-refractivity contribution in [3.05, 3.63) is 10.6 Å². The van der Waals surface area contributed by atoms with Gasteiger partial charge in [-0.05, 0) is 24.9 Å². The Balaban J connectivity index is 2.58. The first-order valence-corrected chi connectivity index (χ1v) is 5.63. The van der Waals surface area contributed by atoms with Gasteiger partial charge in [0, 0.05) is 6.61 Å². The van der Waals surface area contributed by atoms with Gasteiger partial charge in [-0.1, -0.05) is 17.8 Å². The van der Waals surface area contributed by atoms with Crippen LogP contribution in [0.2, 0.25) is 0 Å². The smallest absolute Gasteiger partial charge is 0.115 e. The predicted octanol–water partition coefficient (Wildman–Crippen LogP) is 1.56. The SMILES string of the molecule is CCCc1nnsc1C(O)COCC. The molecule has 0 aliphatic rings. The van der Waals surface area contributed by atoms with Crippen molar-refractivity contribution in [3.63, 3.8) is 0 Å². The summed E-state index contributed by atoms with van der Waals surface area (Å²) in [6, 6.07) is 0. The van der Waals surface area contributed by atoms with Crippen LogP contribution in [0.1, 0.15) is 36.9 Å².